The minimum atomic E-state index is 0.0429. The average molecular weight is 468 g/mol. The van der Waals surface area contributed by atoms with Gasteiger partial charge in [0.15, 0.2) is 0 Å². The van der Waals surface area contributed by atoms with Crippen molar-refractivity contribution in [2.24, 2.45) is 16.8 Å². The van der Waals surface area contributed by atoms with Crippen LogP contribution in [0.2, 0.25) is 0 Å². The van der Waals surface area contributed by atoms with Crippen molar-refractivity contribution in [1.82, 2.24) is 10.2 Å². The molecule has 4 nitrogen and oxygen atoms in total. The number of aliphatic imine (C=N–C) groups is 1. The Morgan fingerprint density at radius 3 is 2.74 bits per heavy atom. The van der Waals surface area contributed by atoms with E-state index in [1.807, 2.05) is 12.3 Å². The van der Waals surface area contributed by atoms with Gasteiger partial charge in [-0.25, -0.2) is 0 Å². The molecule has 2 aromatic carbocycles. The number of hydrogen-bond donors (Lipinski definition) is 1. The lowest BCUT2D eigenvalue weighted by molar-refractivity contribution is 0.0284. The molecule has 4 aliphatic rings. The Morgan fingerprint density at radius 1 is 1.17 bits per heavy atom. The van der Waals surface area contributed by atoms with Crippen molar-refractivity contribution in [3.63, 3.8) is 0 Å². The summed E-state index contributed by atoms with van der Waals surface area (Å²) in [5, 5.41) is 3.16. The standard InChI is InChI=1S/C31H37N3O/c1-21-29-18-25-9-10-26(17-28(25)31(21,2)13-16-34(29)20-23-3-4-23)30(35)33-15-11-22-5-7-24(8-6-22)27-12-14-32-19-27/h5-10,12,17,19,21,23,29H,3-4,11,13-16,18,20H2,1-2H3,(H,33,35)/t21-,29+,31-/m0/s1. The molecule has 182 valence electrons. The zero-order valence-electron chi connectivity index (χ0n) is 21.1. The van der Waals surface area contributed by atoms with E-state index in [0.717, 1.165) is 30.9 Å². The Hall–Kier alpha value is -2.72. The van der Waals surface area contributed by atoms with Crippen LogP contribution in [0.5, 0.6) is 0 Å². The van der Waals surface area contributed by atoms with Crippen LogP contribution in [0.1, 0.15) is 65.7 Å². The molecule has 2 heterocycles. The van der Waals surface area contributed by atoms with Gasteiger partial charge < -0.3 is 5.32 Å². The number of rotatable bonds is 7. The van der Waals surface area contributed by atoms with Gasteiger partial charge in [0.05, 0.1) is 6.54 Å². The molecule has 2 fully saturated rings. The highest BCUT2D eigenvalue weighted by Crippen LogP contribution is 2.49. The van der Waals surface area contributed by atoms with Gasteiger partial charge in [0, 0.05) is 30.9 Å². The lowest BCUT2D eigenvalue weighted by atomic mass is 9.59. The maximum Gasteiger partial charge on any atom is 0.251 e. The first-order valence-corrected chi connectivity index (χ1v) is 13.5. The highest BCUT2D eigenvalue weighted by Gasteiger charge is 2.49. The fourth-order valence-corrected chi connectivity index (χ4v) is 6.54. The second-order valence-electron chi connectivity index (χ2n) is 11.4. The van der Waals surface area contributed by atoms with Crippen molar-refractivity contribution >= 4 is 17.7 Å². The van der Waals surface area contributed by atoms with Gasteiger partial charge in [-0.1, -0.05) is 50.3 Å². The van der Waals surface area contributed by atoms with E-state index < -0.39 is 0 Å². The molecule has 0 spiro atoms. The predicted molar refractivity (Wildman–Crippen MR) is 143 cm³/mol. The first-order valence-electron chi connectivity index (χ1n) is 13.5. The van der Waals surface area contributed by atoms with Gasteiger partial charge in [-0.3, -0.25) is 14.7 Å². The third-order valence-electron chi connectivity index (χ3n) is 9.21. The van der Waals surface area contributed by atoms with Crippen molar-refractivity contribution in [3.8, 4) is 0 Å². The summed E-state index contributed by atoms with van der Waals surface area (Å²) in [6.07, 6.45) is 10.1. The summed E-state index contributed by atoms with van der Waals surface area (Å²) < 4.78 is 0. The van der Waals surface area contributed by atoms with Gasteiger partial charge in [-0.05, 0) is 95.9 Å². The summed E-state index contributed by atoms with van der Waals surface area (Å²) in [6, 6.07) is 15.7. The molecule has 1 saturated heterocycles. The summed E-state index contributed by atoms with van der Waals surface area (Å²) in [5.41, 5.74) is 7.47. The Labute approximate surface area is 209 Å². The lowest BCUT2D eigenvalue weighted by Crippen LogP contribution is -2.58. The van der Waals surface area contributed by atoms with Crippen LogP contribution >= 0.6 is 0 Å². The molecule has 0 radical (unpaired) electrons. The molecule has 0 unspecified atom stereocenters. The van der Waals surface area contributed by atoms with Crippen LogP contribution in [0, 0.1) is 11.8 Å². The minimum absolute atomic E-state index is 0.0429. The highest BCUT2D eigenvalue weighted by atomic mass is 16.1. The molecule has 3 atom stereocenters. The van der Waals surface area contributed by atoms with E-state index in [9.17, 15) is 4.79 Å². The number of nitrogens with zero attached hydrogens (tertiary/aromatic N) is 2. The van der Waals surface area contributed by atoms with Gasteiger partial charge in [0.1, 0.15) is 0 Å². The van der Waals surface area contributed by atoms with Gasteiger partial charge in [-0.15, -0.1) is 0 Å². The molecule has 2 bridgehead atoms. The topological polar surface area (TPSA) is 44.7 Å². The molecular weight excluding hydrogens is 430 g/mol. The van der Waals surface area contributed by atoms with Crippen LogP contribution in [-0.2, 0) is 18.3 Å². The molecule has 35 heavy (non-hydrogen) atoms. The maximum atomic E-state index is 13.0. The second-order valence-corrected chi connectivity index (χ2v) is 11.4. The van der Waals surface area contributed by atoms with Gasteiger partial charge in [-0.2, -0.15) is 0 Å². The Bertz CT molecular complexity index is 1180. The lowest BCUT2D eigenvalue weighted by Gasteiger charge is -2.55. The van der Waals surface area contributed by atoms with Crippen LogP contribution < -0.4 is 5.32 Å². The summed E-state index contributed by atoms with van der Waals surface area (Å²) in [5.74, 6) is 1.60. The van der Waals surface area contributed by atoms with E-state index in [1.54, 1.807) is 0 Å². The molecule has 0 aromatic heterocycles. The maximum absolute atomic E-state index is 13.0. The number of nitrogens with one attached hydrogen (secondary N) is 1. The van der Waals surface area contributed by atoms with E-state index in [-0.39, 0.29) is 11.3 Å². The van der Waals surface area contributed by atoms with Crippen molar-refractivity contribution in [3.05, 3.63) is 76.4 Å². The SMILES string of the molecule is C[C@H]1[C@H]2Cc3ccc(C(=O)NCCc4ccc(C5=CCN=C5)cc4)cc3[C@@]1(C)CCN2CC1CC1. The molecule has 1 saturated carbocycles. The minimum Gasteiger partial charge on any atom is -0.352 e. The van der Waals surface area contributed by atoms with Crippen LogP contribution in [0.3, 0.4) is 0 Å². The first-order chi connectivity index (χ1) is 17.0. The highest BCUT2D eigenvalue weighted by molar-refractivity contribution is 6.11. The van der Waals surface area contributed by atoms with Gasteiger partial charge in [0.25, 0.3) is 5.91 Å². The zero-order chi connectivity index (χ0) is 24.0. The number of hydrogen-bond acceptors (Lipinski definition) is 3. The molecule has 1 amide bonds. The van der Waals surface area contributed by atoms with Crippen molar-refractivity contribution in [2.75, 3.05) is 26.2 Å². The fourth-order valence-electron chi connectivity index (χ4n) is 6.54. The fraction of sp³-hybridized carbons (Fsp3) is 0.484. The Balaban J connectivity index is 1.10. The number of benzene rings is 2. The van der Waals surface area contributed by atoms with Crippen molar-refractivity contribution < 1.29 is 4.79 Å². The smallest absolute Gasteiger partial charge is 0.251 e. The Kier molecular flexibility index (Phi) is 5.88. The summed E-state index contributed by atoms with van der Waals surface area (Å²) in [6.45, 7) is 8.79. The van der Waals surface area contributed by atoms with E-state index >= 15 is 0 Å². The van der Waals surface area contributed by atoms with Gasteiger partial charge in [0.2, 0.25) is 0 Å². The summed E-state index contributed by atoms with van der Waals surface area (Å²) in [7, 11) is 0. The van der Waals surface area contributed by atoms with Crippen molar-refractivity contribution in [1.29, 1.82) is 0 Å². The van der Waals surface area contributed by atoms with Gasteiger partial charge >= 0.3 is 0 Å². The van der Waals surface area contributed by atoms with Crippen LogP contribution in [0.25, 0.3) is 5.57 Å². The molecule has 4 heteroatoms. The zero-order valence-corrected chi connectivity index (χ0v) is 21.1. The number of carbonyl (C=O) groups excluding carboxylic acids is 1. The molecule has 2 aromatic rings. The number of fused-ring (bicyclic) bond motifs is 4. The number of piperidine rings is 1. The number of likely N-dealkylation sites (tertiary alicyclic amines) is 1. The van der Waals surface area contributed by atoms with Crippen LogP contribution in [0.4, 0.5) is 0 Å². The average Bonchev–Trinajstić information content (AvgIpc) is 3.52. The molecule has 2 aliphatic heterocycles. The summed E-state index contributed by atoms with van der Waals surface area (Å²) in [4.78, 5) is 20.1. The van der Waals surface area contributed by atoms with Crippen LogP contribution in [-0.4, -0.2) is 49.2 Å². The second kappa shape index (κ2) is 9.05. The molecule has 6 rings (SSSR count). The number of allylic oxidation sites excluding steroid dienone is 1. The molecule has 2 aliphatic carbocycles. The van der Waals surface area contributed by atoms with E-state index in [4.69, 9.17) is 0 Å². The normalized spacial score (nSPS) is 27.4. The summed E-state index contributed by atoms with van der Waals surface area (Å²) >= 11 is 0. The number of amides is 1. The number of carbonyl (C=O) groups is 1. The van der Waals surface area contributed by atoms with Crippen molar-refractivity contribution in [2.45, 2.75) is 57.4 Å². The monoisotopic (exact) mass is 467 g/mol. The molecular formula is C31H37N3O. The first kappa shape index (κ1) is 22.7. The van der Waals surface area contributed by atoms with E-state index in [2.05, 4.69) is 71.5 Å². The predicted octanol–water partition coefficient (Wildman–Crippen LogP) is 5.06. The largest absolute Gasteiger partial charge is 0.352 e. The van der Waals surface area contributed by atoms with Crippen LogP contribution in [0.15, 0.2) is 53.5 Å². The Morgan fingerprint density at radius 2 is 2.00 bits per heavy atom. The quantitative estimate of drug-likeness (QED) is 0.619. The molecule has 1 N–H and O–H groups in total. The van der Waals surface area contributed by atoms with E-state index in [1.165, 1.54) is 60.2 Å². The van der Waals surface area contributed by atoms with E-state index in [0.29, 0.717) is 18.5 Å². The third-order valence-corrected chi connectivity index (χ3v) is 9.21. The third kappa shape index (κ3) is 4.38.